The van der Waals surface area contributed by atoms with Gasteiger partial charge in [-0.2, -0.15) is 5.10 Å². The molecule has 2 aromatic rings. The van der Waals surface area contributed by atoms with E-state index in [9.17, 15) is 5.11 Å². The van der Waals surface area contributed by atoms with Gasteiger partial charge in [-0.05, 0) is 29.5 Å². The van der Waals surface area contributed by atoms with E-state index in [4.69, 9.17) is 11.6 Å². The van der Waals surface area contributed by atoms with Crippen LogP contribution in [0.5, 0.6) is 0 Å². The second kappa shape index (κ2) is 7.41. The molecule has 0 saturated heterocycles. The molecule has 21 heavy (non-hydrogen) atoms. The molecule has 2 atom stereocenters. The van der Waals surface area contributed by atoms with Crippen LogP contribution in [0, 0.1) is 5.41 Å². The molecule has 0 aliphatic heterocycles. The van der Waals surface area contributed by atoms with Gasteiger partial charge in [-0.25, -0.2) is 9.67 Å². The molecule has 1 N–H and O–H groups in total. The molecule has 1 heterocycles. The number of halogens is 1. The predicted molar refractivity (Wildman–Crippen MR) is 88.2 cm³/mol. The van der Waals surface area contributed by atoms with E-state index in [2.05, 4.69) is 10.1 Å². The molecule has 4 nitrogen and oxygen atoms in total. The predicted octanol–water partition coefficient (Wildman–Crippen LogP) is 2.21. The van der Waals surface area contributed by atoms with Crippen LogP contribution in [0.3, 0.4) is 0 Å². The summed E-state index contributed by atoms with van der Waals surface area (Å²) in [5.41, 5.74) is 0.876. The van der Waals surface area contributed by atoms with Gasteiger partial charge in [0, 0.05) is 5.02 Å². The van der Waals surface area contributed by atoms with Crippen LogP contribution in [0.15, 0.2) is 36.9 Å². The fourth-order valence-electron chi connectivity index (χ4n) is 2.18. The monoisotopic (exact) mass is 375 g/mol. The molecule has 1 aromatic carbocycles. The average Bonchev–Trinajstić information content (AvgIpc) is 2.90. The van der Waals surface area contributed by atoms with Gasteiger partial charge in [0.25, 0.3) is 0 Å². The second-order valence-electron chi connectivity index (χ2n) is 6.08. The standard InChI is InChI=1S/C15H20ClN3O.H2Se/c1-15(2,3)14(20)13(19-10-17-9-18-19)8-11-4-6-12(16)7-5-11;/h4-7,9-10,13-14,20H,8H2,1-3H3;1H2/t13-,14+;/m0./s1. The molecular weight excluding hydrogens is 353 g/mol. The third kappa shape index (κ3) is 4.82. The Bertz CT molecular complexity index is 537. The van der Waals surface area contributed by atoms with Crippen molar-refractivity contribution >= 4 is 28.7 Å². The molecule has 116 valence electrons. The summed E-state index contributed by atoms with van der Waals surface area (Å²) in [6.07, 6.45) is 3.29. The summed E-state index contributed by atoms with van der Waals surface area (Å²) in [6, 6.07) is 7.51. The van der Waals surface area contributed by atoms with Crippen LogP contribution < -0.4 is 0 Å². The van der Waals surface area contributed by atoms with Crippen molar-refractivity contribution in [1.29, 1.82) is 0 Å². The van der Waals surface area contributed by atoms with E-state index in [0.717, 1.165) is 5.56 Å². The maximum absolute atomic E-state index is 10.6. The SMILES string of the molecule is CC(C)(C)[C@H](O)[C@H](Cc1ccc(Cl)cc1)n1cncn1.[SeH2]. The molecule has 0 saturated carbocycles. The van der Waals surface area contributed by atoms with Gasteiger partial charge in [0.05, 0.1) is 12.1 Å². The third-order valence-corrected chi connectivity index (χ3v) is 3.64. The Labute approximate surface area is 141 Å². The van der Waals surface area contributed by atoms with Crippen LogP contribution in [-0.2, 0) is 6.42 Å². The van der Waals surface area contributed by atoms with E-state index in [0.29, 0.717) is 11.4 Å². The summed E-state index contributed by atoms with van der Waals surface area (Å²) >= 11 is 5.91. The summed E-state index contributed by atoms with van der Waals surface area (Å²) in [5, 5.41) is 15.5. The van der Waals surface area contributed by atoms with E-state index >= 15 is 0 Å². The number of hydrogen-bond acceptors (Lipinski definition) is 3. The Balaban J connectivity index is 0.00000220. The van der Waals surface area contributed by atoms with Crippen molar-refractivity contribution in [3.63, 3.8) is 0 Å². The molecule has 0 aliphatic carbocycles. The minimum absolute atomic E-state index is 0. The van der Waals surface area contributed by atoms with Crippen molar-refractivity contribution in [2.45, 2.75) is 39.3 Å². The summed E-state index contributed by atoms with van der Waals surface area (Å²) < 4.78 is 1.73. The first-order valence-corrected chi connectivity index (χ1v) is 7.02. The third-order valence-electron chi connectivity index (χ3n) is 3.39. The first-order valence-electron chi connectivity index (χ1n) is 6.64. The van der Waals surface area contributed by atoms with Crippen LogP contribution in [0.2, 0.25) is 5.02 Å². The van der Waals surface area contributed by atoms with E-state index in [1.165, 1.54) is 6.33 Å². The Hall–Kier alpha value is -0.871. The van der Waals surface area contributed by atoms with E-state index < -0.39 is 6.10 Å². The summed E-state index contributed by atoms with van der Waals surface area (Å²) in [6.45, 7) is 6.05. The number of aliphatic hydroxyl groups excluding tert-OH is 1. The van der Waals surface area contributed by atoms with Crippen molar-refractivity contribution in [3.05, 3.63) is 47.5 Å². The number of rotatable bonds is 4. The summed E-state index contributed by atoms with van der Waals surface area (Å²) in [4.78, 5) is 3.98. The van der Waals surface area contributed by atoms with Gasteiger partial charge >= 0.3 is 17.1 Å². The van der Waals surface area contributed by atoms with Crippen molar-refractivity contribution in [1.82, 2.24) is 14.8 Å². The zero-order valence-electron chi connectivity index (χ0n) is 12.5. The fraction of sp³-hybridized carbons (Fsp3) is 0.467. The van der Waals surface area contributed by atoms with Crippen molar-refractivity contribution in [2.24, 2.45) is 5.41 Å². The van der Waals surface area contributed by atoms with Crippen molar-refractivity contribution in [3.8, 4) is 0 Å². The van der Waals surface area contributed by atoms with Gasteiger partial charge in [-0.3, -0.25) is 0 Å². The summed E-state index contributed by atoms with van der Waals surface area (Å²) in [5.74, 6) is 0. The van der Waals surface area contributed by atoms with Crippen molar-refractivity contribution in [2.75, 3.05) is 0 Å². The molecule has 0 aliphatic rings. The Morgan fingerprint density at radius 3 is 2.33 bits per heavy atom. The Morgan fingerprint density at radius 2 is 1.86 bits per heavy atom. The van der Waals surface area contributed by atoms with E-state index in [-0.39, 0.29) is 28.5 Å². The summed E-state index contributed by atoms with van der Waals surface area (Å²) in [7, 11) is 0. The molecule has 6 heteroatoms. The number of hydrogen-bond donors (Lipinski definition) is 1. The molecule has 0 unspecified atom stereocenters. The number of nitrogens with zero attached hydrogens (tertiary/aromatic N) is 3. The molecule has 0 fully saturated rings. The minimum atomic E-state index is -0.528. The molecular formula is C15H22ClN3OSe. The normalized spacial score (nSPS) is 14.3. The second-order valence-corrected chi connectivity index (χ2v) is 6.52. The first-order chi connectivity index (χ1) is 9.38. The van der Waals surface area contributed by atoms with E-state index in [1.807, 2.05) is 45.0 Å². The Morgan fingerprint density at radius 1 is 1.24 bits per heavy atom. The van der Waals surface area contributed by atoms with Gasteiger partial charge in [-0.15, -0.1) is 0 Å². The van der Waals surface area contributed by atoms with Crippen LogP contribution in [0.4, 0.5) is 0 Å². The molecule has 0 spiro atoms. The van der Waals surface area contributed by atoms with Gasteiger partial charge < -0.3 is 5.11 Å². The first kappa shape index (κ1) is 18.2. The van der Waals surface area contributed by atoms with Gasteiger partial charge in [0.15, 0.2) is 0 Å². The van der Waals surface area contributed by atoms with Crippen molar-refractivity contribution < 1.29 is 5.11 Å². The zero-order chi connectivity index (χ0) is 14.8. The molecule has 0 amide bonds. The van der Waals surface area contributed by atoms with E-state index in [1.54, 1.807) is 11.0 Å². The topological polar surface area (TPSA) is 50.9 Å². The van der Waals surface area contributed by atoms with Crippen LogP contribution >= 0.6 is 11.6 Å². The zero-order valence-corrected chi connectivity index (χ0v) is 15.3. The molecule has 0 bridgehead atoms. The molecule has 2 rings (SSSR count). The average molecular weight is 375 g/mol. The quantitative estimate of drug-likeness (QED) is 0.835. The van der Waals surface area contributed by atoms with Crippen LogP contribution in [-0.4, -0.2) is 43.0 Å². The van der Waals surface area contributed by atoms with Crippen LogP contribution in [0.1, 0.15) is 32.4 Å². The molecule has 0 radical (unpaired) electrons. The molecule has 1 aromatic heterocycles. The van der Waals surface area contributed by atoms with Gasteiger partial charge in [-0.1, -0.05) is 44.5 Å². The maximum atomic E-state index is 10.6. The van der Waals surface area contributed by atoms with Crippen LogP contribution in [0.25, 0.3) is 0 Å². The van der Waals surface area contributed by atoms with Gasteiger partial charge in [0.2, 0.25) is 0 Å². The fourth-order valence-corrected chi connectivity index (χ4v) is 2.30. The number of benzene rings is 1. The number of aliphatic hydroxyl groups is 1. The Kier molecular flexibility index (Phi) is 6.41. The van der Waals surface area contributed by atoms with Gasteiger partial charge in [0.1, 0.15) is 12.7 Å². The number of aromatic nitrogens is 3.